The Bertz CT molecular complexity index is 358. The lowest BCUT2D eigenvalue weighted by Crippen LogP contribution is -2.46. The molecule has 1 N–H and O–H groups in total. The molecule has 1 saturated heterocycles. The minimum absolute atomic E-state index is 0.215. The Hall–Kier alpha value is -0.900. The molecule has 0 aromatic heterocycles. The maximum absolute atomic E-state index is 10.6. The number of rotatable bonds is 6. The SMILES string of the molecule is CCCOCC(O)C1(c2ccccc2)CCOCC1. The van der Waals surface area contributed by atoms with E-state index in [-0.39, 0.29) is 5.41 Å². The first-order chi connectivity index (χ1) is 9.29. The first kappa shape index (κ1) is 14.5. The lowest BCUT2D eigenvalue weighted by molar-refractivity contribution is -0.0536. The zero-order valence-corrected chi connectivity index (χ0v) is 11.7. The van der Waals surface area contributed by atoms with Crippen LogP contribution in [0.2, 0.25) is 0 Å². The van der Waals surface area contributed by atoms with Gasteiger partial charge in [-0.05, 0) is 24.8 Å². The summed E-state index contributed by atoms with van der Waals surface area (Å²) < 4.78 is 11.0. The van der Waals surface area contributed by atoms with Crippen LogP contribution in [0.1, 0.15) is 31.7 Å². The van der Waals surface area contributed by atoms with Crippen molar-refractivity contribution in [1.82, 2.24) is 0 Å². The molecule has 0 saturated carbocycles. The van der Waals surface area contributed by atoms with E-state index in [0.29, 0.717) is 26.4 Å². The van der Waals surface area contributed by atoms with Gasteiger partial charge in [-0.1, -0.05) is 37.3 Å². The van der Waals surface area contributed by atoms with Crippen LogP contribution in [0.5, 0.6) is 0 Å². The molecule has 0 aliphatic carbocycles. The molecule has 3 nitrogen and oxygen atoms in total. The second-order valence-corrected chi connectivity index (χ2v) is 5.23. The van der Waals surface area contributed by atoms with E-state index in [4.69, 9.17) is 9.47 Å². The molecule has 1 aromatic rings. The van der Waals surface area contributed by atoms with Crippen LogP contribution in [0.3, 0.4) is 0 Å². The fraction of sp³-hybridized carbons (Fsp3) is 0.625. The van der Waals surface area contributed by atoms with Crippen molar-refractivity contribution in [1.29, 1.82) is 0 Å². The Morgan fingerprint density at radius 3 is 2.58 bits per heavy atom. The van der Waals surface area contributed by atoms with Gasteiger partial charge in [0.15, 0.2) is 0 Å². The van der Waals surface area contributed by atoms with Gasteiger partial charge in [0.05, 0.1) is 12.7 Å². The predicted octanol–water partition coefficient (Wildman–Crippen LogP) is 2.52. The van der Waals surface area contributed by atoms with Crippen LogP contribution in [-0.4, -0.2) is 37.6 Å². The van der Waals surface area contributed by atoms with Gasteiger partial charge in [0, 0.05) is 25.2 Å². The van der Waals surface area contributed by atoms with Crippen molar-refractivity contribution < 1.29 is 14.6 Å². The fourth-order valence-electron chi connectivity index (χ4n) is 2.82. The fourth-order valence-corrected chi connectivity index (χ4v) is 2.82. The van der Waals surface area contributed by atoms with Crippen LogP contribution < -0.4 is 0 Å². The lowest BCUT2D eigenvalue weighted by Gasteiger charge is -2.41. The van der Waals surface area contributed by atoms with Gasteiger partial charge in [-0.15, -0.1) is 0 Å². The molecule has 1 aliphatic rings. The van der Waals surface area contributed by atoms with E-state index in [1.165, 1.54) is 5.56 Å². The van der Waals surface area contributed by atoms with Gasteiger partial charge >= 0.3 is 0 Å². The summed E-state index contributed by atoms with van der Waals surface area (Å²) >= 11 is 0. The maximum Gasteiger partial charge on any atom is 0.0871 e. The smallest absolute Gasteiger partial charge is 0.0871 e. The highest BCUT2D eigenvalue weighted by atomic mass is 16.5. The van der Waals surface area contributed by atoms with Gasteiger partial charge < -0.3 is 14.6 Å². The quantitative estimate of drug-likeness (QED) is 0.802. The summed E-state index contributed by atoms with van der Waals surface area (Å²) in [6, 6.07) is 10.3. The van der Waals surface area contributed by atoms with Crippen molar-refractivity contribution in [2.45, 2.75) is 37.7 Å². The van der Waals surface area contributed by atoms with Crippen molar-refractivity contribution >= 4 is 0 Å². The Morgan fingerprint density at radius 1 is 1.26 bits per heavy atom. The van der Waals surface area contributed by atoms with E-state index in [1.807, 2.05) is 18.2 Å². The van der Waals surface area contributed by atoms with Gasteiger partial charge in [0.1, 0.15) is 0 Å². The van der Waals surface area contributed by atoms with E-state index >= 15 is 0 Å². The van der Waals surface area contributed by atoms with Crippen LogP contribution >= 0.6 is 0 Å². The first-order valence-electron chi connectivity index (χ1n) is 7.18. The van der Waals surface area contributed by atoms with Crippen molar-refractivity contribution in [2.75, 3.05) is 26.4 Å². The Morgan fingerprint density at radius 2 is 1.95 bits per heavy atom. The molecular weight excluding hydrogens is 240 g/mol. The Kier molecular flexibility index (Phi) is 5.37. The van der Waals surface area contributed by atoms with Gasteiger partial charge in [0.25, 0.3) is 0 Å². The molecule has 2 rings (SSSR count). The number of aliphatic hydroxyl groups is 1. The molecule has 0 amide bonds. The minimum Gasteiger partial charge on any atom is -0.390 e. The summed E-state index contributed by atoms with van der Waals surface area (Å²) in [5, 5.41) is 10.6. The molecule has 1 atom stereocenters. The van der Waals surface area contributed by atoms with E-state index in [1.54, 1.807) is 0 Å². The molecule has 19 heavy (non-hydrogen) atoms. The summed E-state index contributed by atoms with van der Waals surface area (Å²) in [7, 11) is 0. The lowest BCUT2D eigenvalue weighted by atomic mass is 9.70. The third-order valence-corrected chi connectivity index (χ3v) is 4.00. The Labute approximate surface area is 115 Å². The van der Waals surface area contributed by atoms with E-state index in [2.05, 4.69) is 19.1 Å². The first-order valence-corrected chi connectivity index (χ1v) is 7.18. The molecule has 1 unspecified atom stereocenters. The van der Waals surface area contributed by atoms with Crippen LogP contribution in [0, 0.1) is 0 Å². The van der Waals surface area contributed by atoms with Crippen molar-refractivity contribution in [3.05, 3.63) is 35.9 Å². The molecule has 1 heterocycles. The summed E-state index contributed by atoms with van der Waals surface area (Å²) in [4.78, 5) is 0. The zero-order valence-electron chi connectivity index (χ0n) is 11.7. The molecule has 1 fully saturated rings. The second kappa shape index (κ2) is 7.04. The molecular formula is C16H24O3. The summed E-state index contributed by atoms with van der Waals surface area (Å²) in [6.07, 6.45) is 2.22. The number of aliphatic hydroxyl groups excluding tert-OH is 1. The van der Waals surface area contributed by atoms with Crippen LogP contribution in [-0.2, 0) is 14.9 Å². The minimum atomic E-state index is -0.467. The Balaban J connectivity index is 2.15. The van der Waals surface area contributed by atoms with E-state index < -0.39 is 6.10 Å². The van der Waals surface area contributed by atoms with Crippen LogP contribution in [0.25, 0.3) is 0 Å². The molecule has 106 valence electrons. The molecule has 1 aliphatic heterocycles. The average molecular weight is 264 g/mol. The number of benzene rings is 1. The summed E-state index contributed by atoms with van der Waals surface area (Å²) in [5.74, 6) is 0. The van der Waals surface area contributed by atoms with E-state index in [0.717, 1.165) is 19.3 Å². The second-order valence-electron chi connectivity index (χ2n) is 5.23. The maximum atomic E-state index is 10.6. The van der Waals surface area contributed by atoms with Gasteiger partial charge in [-0.25, -0.2) is 0 Å². The molecule has 3 heteroatoms. The number of hydrogen-bond acceptors (Lipinski definition) is 3. The van der Waals surface area contributed by atoms with Gasteiger partial charge in [-0.2, -0.15) is 0 Å². The van der Waals surface area contributed by atoms with Crippen molar-refractivity contribution in [2.24, 2.45) is 0 Å². The van der Waals surface area contributed by atoms with Crippen LogP contribution in [0.15, 0.2) is 30.3 Å². The predicted molar refractivity (Wildman–Crippen MR) is 75.3 cm³/mol. The number of hydrogen-bond donors (Lipinski definition) is 1. The third-order valence-electron chi connectivity index (χ3n) is 4.00. The number of ether oxygens (including phenoxy) is 2. The third kappa shape index (κ3) is 3.35. The van der Waals surface area contributed by atoms with Gasteiger partial charge in [-0.3, -0.25) is 0 Å². The van der Waals surface area contributed by atoms with E-state index in [9.17, 15) is 5.11 Å². The van der Waals surface area contributed by atoms with Crippen molar-refractivity contribution in [3.8, 4) is 0 Å². The monoisotopic (exact) mass is 264 g/mol. The van der Waals surface area contributed by atoms with Gasteiger partial charge in [0.2, 0.25) is 0 Å². The molecule has 0 radical (unpaired) electrons. The normalized spacial score (nSPS) is 20.1. The highest BCUT2D eigenvalue weighted by molar-refractivity contribution is 5.27. The standard InChI is InChI=1S/C16H24O3/c1-2-10-19-13-15(17)16(8-11-18-12-9-16)14-6-4-3-5-7-14/h3-7,15,17H,2,8-13H2,1H3. The average Bonchev–Trinajstić information content (AvgIpc) is 2.49. The topological polar surface area (TPSA) is 38.7 Å². The molecule has 1 aromatic carbocycles. The van der Waals surface area contributed by atoms with Crippen LogP contribution in [0.4, 0.5) is 0 Å². The molecule has 0 spiro atoms. The van der Waals surface area contributed by atoms with Crippen molar-refractivity contribution in [3.63, 3.8) is 0 Å². The highest BCUT2D eigenvalue weighted by Crippen LogP contribution is 2.38. The summed E-state index contributed by atoms with van der Waals surface area (Å²) in [6.45, 7) is 4.61. The largest absolute Gasteiger partial charge is 0.390 e. The highest BCUT2D eigenvalue weighted by Gasteiger charge is 2.41. The zero-order chi connectivity index (χ0) is 13.6. The molecule has 0 bridgehead atoms. The summed E-state index contributed by atoms with van der Waals surface area (Å²) in [5.41, 5.74) is 0.985.